The lowest BCUT2D eigenvalue weighted by Gasteiger charge is -2.34. The average molecular weight is 473 g/mol. The molecule has 1 saturated carbocycles. The minimum absolute atomic E-state index is 0.0137. The summed E-state index contributed by atoms with van der Waals surface area (Å²) in [4.78, 5) is 14.4. The largest absolute Gasteiger partial charge is 0.335 e. The first kappa shape index (κ1) is 21.7. The van der Waals surface area contributed by atoms with Gasteiger partial charge in [-0.15, -0.1) is 0 Å². The van der Waals surface area contributed by atoms with Crippen molar-refractivity contribution in [1.29, 1.82) is 0 Å². The van der Waals surface area contributed by atoms with Crippen molar-refractivity contribution in [3.05, 3.63) is 77.6 Å². The lowest BCUT2D eigenvalue weighted by atomic mass is 10.2. The predicted molar refractivity (Wildman–Crippen MR) is 117 cm³/mol. The molecule has 1 amide bonds. The maximum absolute atomic E-state index is 14.1. The number of halogens is 2. The molecular formula is C23H22F2N4O3S. The first-order valence-corrected chi connectivity index (χ1v) is 12.2. The third-order valence-electron chi connectivity index (χ3n) is 5.98. The van der Waals surface area contributed by atoms with Gasteiger partial charge in [0.2, 0.25) is 10.0 Å². The normalized spacial score (nSPS) is 17.3. The summed E-state index contributed by atoms with van der Waals surface area (Å²) in [5.41, 5.74) is 2.10. The second-order valence-electron chi connectivity index (χ2n) is 8.25. The van der Waals surface area contributed by atoms with E-state index in [0.717, 1.165) is 40.7 Å². The highest BCUT2D eigenvalue weighted by atomic mass is 32.2. The molecule has 2 aliphatic rings. The summed E-state index contributed by atoms with van der Waals surface area (Å²) in [5.74, 6) is -1.84. The van der Waals surface area contributed by atoms with Crippen LogP contribution >= 0.6 is 0 Å². The molecule has 1 aliphatic carbocycles. The number of carbonyl (C=O) groups is 1. The number of benzene rings is 2. The molecular weight excluding hydrogens is 450 g/mol. The molecule has 3 aromatic rings. The number of sulfonamides is 1. The molecule has 1 aliphatic heterocycles. The maximum Gasteiger partial charge on any atom is 0.272 e. The Morgan fingerprint density at radius 2 is 1.64 bits per heavy atom. The Hall–Kier alpha value is -3.11. The third-order valence-corrected chi connectivity index (χ3v) is 7.91. The monoisotopic (exact) mass is 472 g/mol. The molecule has 2 aromatic carbocycles. The van der Waals surface area contributed by atoms with Crippen molar-refractivity contribution in [2.75, 3.05) is 26.2 Å². The fourth-order valence-electron chi connectivity index (χ4n) is 4.01. The summed E-state index contributed by atoms with van der Waals surface area (Å²) in [5, 5.41) is 4.66. The van der Waals surface area contributed by atoms with Gasteiger partial charge in [-0.2, -0.15) is 9.40 Å². The van der Waals surface area contributed by atoms with Crippen LogP contribution in [0.2, 0.25) is 0 Å². The van der Waals surface area contributed by atoms with Gasteiger partial charge in [0.1, 0.15) is 22.2 Å². The van der Waals surface area contributed by atoms with E-state index < -0.39 is 26.6 Å². The van der Waals surface area contributed by atoms with Gasteiger partial charge >= 0.3 is 0 Å². The second-order valence-corrected chi connectivity index (χ2v) is 10.2. The average Bonchev–Trinajstić information content (AvgIpc) is 3.57. The van der Waals surface area contributed by atoms with Crippen LogP contribution in [0.1, 0.15) is 34.9 Å². The summed E-state index contributed by atoms with van der Waals surface area (Å²) >= 11 is 0. The van der Waals surface area contributed by atoms with E-state index in [4.69, 9.17) is 0 Å². The molecule has 0 bridgehead atoms. The summed E-state index contributed by atoms with van der Waals surface area (Å²) < 4.78 is 55.7. The van der Waals surface area contributed by atoms with Gasteiger partial charge in [0.15, 0.2) is 0 Å². The number of aromatic nitrogens is 2. The van der Waals surface area contributed by atoms with Gasteiger partial charge in [0.25, 0.3) is 5.91 Å². The van der Waals surface area contributed by atoms with Gasteiger partial charge in [-0.3, -0.25) is 4.79 Å². The van der Waals surface area contributed by atoms with Crippen molar-refractivity contribution in [2.45, 2.75) is 23.7 Å². The Morgan fingerprint density at radius 1 is 0.939 bits per heavy atom. The maximum atomic E-state index is 14.1. The number of hydrogen-bond acceptors (Lipinski definition) is 4. The zero-order valence-electron chi connectivity index (χ0n) is 17.7. The van der Waals surface area contributed by atoms with Gasteiger partial charge in [-0.05, 0) is 43.2 Å². The van der Waals surface area contributed by atoms with Crippen molar-refractivity contribution in [3.63, 3.8) is 0 Å². The molecule has 172 valence electrons. The van der Waals surface area contributed by atoms with E-state index in [0.29, 0.717) is 17.7 Å². The van der Waals surface area contributed by atoms with Crippen molar-refractivity contribution in [1.82, 2.24) is 19.0 Å². The first-order valence-electron chi connectivity index (χ1n) is 10.7. The Morgan fingerprint density at radius 3 is 2.27 bits per heavy atom. The third kappa shape index (κ3) is 4.16. The van der Waals surface area contributed by atoms with Gasteiger partial charge in [-0.25, -0.2) is 21.9 Å². The Bertz CT molecular complexity index is 1300. The van der Waals surface area contributed by atoms with E-state index in [1.54, 1.807) is 9.58 Å². The number of amides is 1. The van der Waals surface area contributed by atoms with E-state index in [2.05, 4.69) is 5.10 Å². The standard InChI is InChI=1S/C23H22F2N4O3S/c24-17-8-9-22(19(25)14-17)33(31,32)28-12-10-27(11-13-28)23(30)21-15-20(16-6-7-16)26-29(21)18-4-2-1-3-5-18/h1-5,8-9,14-16H,6-7,10-13H2. The van der Waals surface area contributed by atoms with Crippen LogP contribution < -0.4 is 0 Å². The molecule has 0 N–H and O–H groups in total. The van der Waals surface area contributed by atoms with Gasteiger partial charge in [0.05, 0.1) is 11.4 Å². The highest BCUT2D eigenvalue weighted by Gasteiger charge is 2.34. The van der Waals surface area contributed by atoms with Crippen molar-refractivity contribution in [3.8, 4) is 5.69 Å². The van der Waals surface area contributed by atoms with Crippen LogP contribution in [-0.2, 0) is 10.0 Å². The molecule has 10 heteroatoms. The smallest absolute Gasteiger partial charge is 0.272 e. The summed E-state index contributed by atoms with van der Waals surface area (Å²) in [6.45, 7) is 0.332. The summed E-state index contributed by atoms with van der Waals surface area (Å²) in [6, 6.07) is 13.6. The fourth-order valence-corrected chi connectivity index (χ4v) is 5.48. The SMILES string of the molecule is O=C(c1cc(C2CC2)nn1-c1ccccc1)N1CCN(S(=O)(=O)c2ccc(F)cc2F)CC1. The molecule has 0 unspecified atom stereocenters. The van der Waals surface area contributed by atoms with Crippen LogP contribution in [0, 0.1) is 11.6 Å². The summed E-state index contributed by atoms with van der Waals surface area (Å²) in [7, 11) is -4.14. The van der Waals surface area contributed by atoms with Gasteiger partial charge < -0.3 is 4.90 Å². The quantitative estimate of drug-likeness (QED) is 0.572. The predicted octanol–water partition coefficient (Wildman–Crippen LogP) is 3.17. The molecule has 5 rings (SSSR count). The Balaban J connectivity index is 1.35. The molecule has 1 saturated heterocycles. The second kappa shape index (κ2) is 8.35. The molecule has 2 heterocycles. The fraction of sp³-hybridized carbons (Fsp3) is 0.304. The minimum atomic E-state index is -4.14. The molecule has 2 fully saturated rings. The lowest BCUT2D eigenvalue weighted by Crippen LogP contribution is -2.50. The molecule has 0 spiro atoms. The van der Waals surface area contributed by atoms with Crippen LogP contribution in [0.3, 0.4) is 0 Å². The first-order chi connectivity index (χ1) is 15.8. The van der Waals surface area contributed by atoms with Crippen LogP contribution in [-0.4, -0.2) is 59.5 Å². The Kier molecular flexibility index (Phi) is 5.49. The number of hydrogen-bond donors (Lipinski definition) is 0. The highest BCUT2D eigenvalue weighted by molar-refractivity contribution is 7.89. The highest BCUT2D eigenvalue weighted by Crippen LogP contribution is 2.40. The van der Waals surface area contributed by atoms with E-state index >= 15 is 0 Å². The van der Waals surface area contributed by atoms with Crippen LogP contribution in [0.4, 0.5) is 8.78 Å². The van der Waals surface area contributed by atoms with E-state index in [1.165, 1.54) is 0 Å². The Labute approximate surface area is 190 Å². The van der Waals surface area contributed by atoms with E-state index in [1.807, 2.05) is 36.4 Å². The molecule has 0 radical (unpaired) electrons. The van der Waals surface area contributed by atoms with Crippen molar-refractivity contribution in [2.24, 2.45) is 0 Å². The number of rotatable bonds is 5. The summed E-state index contributed by atoms with van der Waals surface area (Å²) in [6.07, 6.45) is 2.10. The van der Waals surface area contributed by atoms with Gasteiger partial charge in [-0.1, -0.05) is 18.2 Å². The topological polar surface area (TPSA) is 75.5 Å². The lowest BCUT2D eigenvalue weighted by molar-refractivity contribution is 0.0688. The van der Waals surface area contributed by atoms with E-state index in [9.17, 15) is 22.0 Å². The molecule has 33 heavy (non-hydrogen) atoms. The van der Waals surface area contributed by atoms with Crippen LogP contribution in [0.5, 0.6) is 0 Å². The molecule has 7 nitrogen and oxygen atoms in total. The van der Waals surface area contributed by atoms with Crippen LogP contribution in [0.25, 0.3) is 5.69 Å². The number of piperazine rings is 1. The zero-order valence-corrected chi connectivity index (χ0v) is 18.5. The van der Waals surface area contributed by atoms with E-state index in [-0.39, 0.29) is 32.1 Å². The molecule has 1 aromatic heterocycles. The molecule has 0 atom stereocenters. The van der Waals surface area contributed by atoms with Crippen LogP contribution in [0.15, 0.2) is 59.5 Å². The number of carbonyl (C=O) groups excluding carboxylic acids is 1. The number of nitrogens with zero attached hydrogens (tertiary/aromatic N) is 4. The van der Waals surface area contributed by atoms with Gasteiger partial charge in [0, 0.05) is 38.2 Å². The number of para-hydroxylation sites is 1. The zero-order chi connectivity index (χ0) is 23.2. The van der Waals surface area contributed by atoms with Crippen molar-refractivity contribution >= 4 is 15.9 Å². The van der Waals surface area contributed by atoms with Crippen molar-refractivity contribution < 1.29 is 22.0 Å². The minimum Gasteiger partial charge on any atom is -0.335 e.